The zero-order valence-electron chi connectivity index (χ0n) is 19.6. The number of amides is 1. The van der Waals surface area contributed by atoms with Crippen molar-refractivity contribution in [1.82, 2.24) is 9.55 Å². The lowest BCUT2D eigenvalue weighted by Crippen LogP contribution is -2.16. The Morgan fingerprint density at radius 2 is 1.86 bits per heavy atom. The zero-order chi connectivity index (χ0) is 25.8. The van der Waals surface area contributed by atoms with Crippen LogP contribution in [-0.2, 0) is 30.7 Å². The van der Waals surface area contributed by atoms with E-state index in [0.29, 0.717) is 29.2 Å². The summed E-state index contributed by atoms with van der Waals surface area (Å²) < 4.78 is 55.3. The van der Waals surface area contributed by atoms with Crippen LogP contribution in [0.4, 0.5) is 19.0 Å². The van der Waals surface area contributed by atoms with Gasteiger partial charge in [0.05, 0.1) is 35.7 Å². The Labute approximate surface area is 204 Å². The number of nitrogens with zero attached hydrogens (tertiary/aromatic N) is 2. The summed E-state index contributed by atoms with van der Waals surface area (Å²) in [5.41, 5.74) is 13.8. The molecule has 0 bridgehead atoms. The first-order valence-corrected chi connectivity index (χ1v) is 11.2. The maximum atomic E-state index is 14.1. The molecule has 1 aliphatic heterocycles. The number of hydrogen-bond acceptors (Lipinski definition) is 5. The summed E-state index contributed by atoms with van der Waals surface area (Å²) in [5.74, 6) is -0.745. The number of halogens is 3. The molecule has 0 fully saturated rings. The molecular formula is C26H23F3N4O3. The lowest BCUT2D eigenvalue weighted by Gasteiger charge is -2.19. The van der Waals surface area contributed by atoms with Crippen molar-refractivity contribution in [2.45, 2.75) is 39.8 Å². The Hall–Kier alpha value is -4.05. The Bertz CT molecular complexity index is 1510. The molecule has 4 N–H and O–H groups in total. The van der Waals surface area contributed by atoms with E-state index in [1.165, 1.54) is 4.57 Å². The van der Waals surface area contributed by atoms with Gasteiger partial charge in [0.2, 0.25) is 0 Å². The molecule has 4 aromatic rings. The van der Waals surface area contributed by atoms with Crippen molar-refractivity contribution in [3.63, 3.8) is 0 Å². The number of hydrogen-bond donors (Lipinski definition) is 2. The van der Waals surface area contributed by atoms with Gasteiger partial charge in [-0.1, -0.05) is 36.4 Å². The molecule has 10 heteroatoms. The van der Waals surface area contributed by atoms with Gasteiger partial charge in [-0.25, -0.2) is 4.98 Å². The number of carbonyl (C=O) groups is 1. The molecule has 2 aromatic heterocycles. The number of nitrogens with two attached hydrogens (primary N) is 2. The summed E-state index contributed by atoms with van der Waals surface area (Å²) in [4.78, 5) is 16.3. The summed E-state index contributed by atoms with van der Waals surface area (Å²) in [5, 5.41) is -0.425. The Morgan fingerprint density at radius 3 is 2.53 bits per heavy atom. The number of aromatic nitrogens is 2. The molecule has 7 nitrogen and oxygen atoms in total. The normalized spacial score (nSPS) is 13.2. The smallest absolute Gasteiger partial charge is 0.434 e. The molecule has 0 saturated heterocycles. The zero-order valence-corrected chi connectivity index (χ0v) is 19.6. The standard InChI is InChI=1S/C26H23F3N4O3/c1-13-8-9-18(36-10-15-6-4-3-5-7-15)14(2)21(13)33-22-16-11-35-12-17(16)32-23(26(27,28)29)19(22)20(24(33)30)25(31)34/h3-9H,10-12,30H2,1-2H3,(H2,31,34). The number of rotatable bonds is 5. The van der Waals surface area contributed by atoms with E-state index in [1.54, 1.807) is 26.0 Å². The fourth-order valence-electron chi connectivity index (χ4n) is 4.76. The van der Waals surface area contributed by atoms with Gasteiger partial charge in [-0.15, -0.1) is 0 Å². The number of ether oxygens (including phenoxy) is 2. The topological polar surface area (TPSA) is 105 Å². The fraction of sp³-hybridized carbons (Fsp3) is 0.231. The maximum absolute atomic E-state index is 14.1. The third-order valence-electron chi connectivity index (χ3n) is 6.37. The first-order valence-electron chi connectivity index (χ1n) is 11.2. The van der Waals surface area contributed by atoms with E-state index in [-0.39, 0.29) is 30.2 Å². The highest BCUT2D eigenvalue weighted by molar-refractivity contribution is 6.13. The third-order valence-corrected chi connectivity index (χ3v) is 6.37. The molecule has 0 aliphatic carbocycles. The van der Waals surface area contributed by atoms with E-state index in [4.69, 9.17) is 20.9 Å². The first-order chi connectivity index (χ1) is 17.1. The number of alkyl halides is 3. The van der Waals surface area contributed by atoms with Gasteiger partial charge in [0.15, 0.2) is 5.69 Å². The van der Waals surface area contributed by atoms with Crippen molar-refractivity contribution in [1.29, 1.82) is 0 Å². The van der Waals surface area contributed by atoms with Gasteiger partial charge in [0.25, 0.3) is 5.91 Å². The quantitative estimate of drug-likeness (QED) is 0.407. The number of benzene rings is 2. The number of fused-ring (bicyclic) bond motifs is 3. The highest BCUT2D eigenvalue weighted by Gasteiger charge is 2.41. The number of carbonyl (C=O) groups excluding carboxylic acids is 1. The Kier molecular flexibility index (Phi) is 5.63. The second kappa shape index (κ2) is 8.56. The molecule has 1 aliphatic rings. The van der Waals surface area contributed by atoms with E-state index >= 15 is 0 Å². The van der Waals surface area contributed by atoms with Crippen molar-refractivity contribution in [2.24, 2.45) is 5.73 Å². The van der Waals surface area contributed by atoms with E-state index in [9.17, 15) is 18.0 Å². The van der Waals surface area contributed by atoms with E-state index < -0.39 is 28.7 Å². The van der Waals surface area contributed by atoms with Crippen LogP contribution in [0.15, 0.2) is 42.5 Å². The first kappa shape index (κ1) is 23.7. The van der Waals surface area contributed by atoms with E-state index in [0.717, 1.165) is 11.1 Å². The van der Waals surface area contributed by atoms with Gasteiger partial charge in [-0.2, -0.15) is 13.2 Å². The second-order valence-corrected chi connectivity index (χ2v) is 8.69. The molecular weight excluding hydrogens is 473 g/mol. The van der Waals surface area contributed by atoms with Crippen LogP contribution in [0.2, 0.25) is 0 Å². The molecule has 36 heavy (non-hydrogen) atoms. The third kappa shape index (κ3) is 3.74. The fourth-order valence-corrected chi connectivity index (χ4v) is 4.76. The molecule has 186 valence electrons. The lowest BCUT2D eigenvalue weighted by molar-refractivity contribution is -0.139. The maximum Gasteiger partial charge on any atom is 0.434 e. The number of primary amides is 1. The predicted molar refractivity (Wildman–Crippen MR) is 128 cm³/mol. The van der Waals surface area contributed by atoms with Crippen molar-refractivity contribution in [2.75, 3.05) is 5.73 Å². The summed E-state index contributed by atoms with van der Waals surface area (Å²) in [6, 6.07) is 13.1. The summed E-state index contributed by atoms with van der Waals surface area (Å²) in [6.07, 6.45) is -4.84. The average molecular weight is 496 g/mol. The van der Waals surface area contributed by atoms with Gasteiger partial charge >= 0.3 is 6.18 Å². The summed E-state index contributed by atoms with van der Waals surface area (Å²) >= 11 is 0. The predicted octanol–water partition coefficient (Wildman–Crippen LogP) is 4.95. The molecule has 0 atom stereocenters. The van der Waals surface area contributed by atoms with E-state index in [2.05, 4.69) is 4.98 Å². The average Bonchev–Trinajstić information content (AvgIpc) is 3.40. The minimum Gasteiger partial charge on any atom is -0.489 e. The number of pyridine rings is 1. The van der Waals surface area contributed by atoms with Crippen molar-refractivity contribution < 1.29 is 27.4 Å². The SMILES string of the molecule is Cc1ccc(OCc2ccccc2)c(C)c1-n1c(N)c(C(N)=O)c2c(C(F)(F)F)nc3c(c21)COC3. The minimum absolute atomic E-state index is 0.0287. The lowest BCUT2D eigenvalue weighted by atomic mass is 10.0. The van der Waals surface area contributed by atoms with Gasteiger partial charge in [0.1, 0.15) is 18.2 Å². The van der Waals surface area contributed by atoms with Crippen LogP contribution < -0.4 is 16.2 Å². The molecule has 0 saturated carbocycles. The van der Waals surface area contributed by atoms with Crippen LogP contribution in [0.25, 0.3) is 16.6 Å². The summed E-state index contributed by atoms with van der Waals surface area (Å²) in [7, 11) is 0. The van der Waals surface area contributed by atoms with Gasteiger partial charge in [0, 0.05) is 16.5 Å². The van der Waals surface area contributed by atoms with Crippen molar-refractivity contribution in [3.05, 3.63) is 81.7 Å². The molecule has 3 heterocycles. The largest absolute Gasteiger partial charge is 0.489 e. The van der Waals surface area contributed by atoms with Gasteiger partial charge < -0.3 is 20.9 Å². The number of anilines is 1. The molecule has 0 spiro atoms. The minimum atomic E-state index is -4.84. The van der Waals surface area contributed by atoms with Crippen LogP contribution in [-0.4, -0.2) is 15.5 Å². The van der Waals surface area contributed by atoms with Crippen molar-refractivity contribution >= 4 is 22.6 Å². The van der Waals surface area contributed by atoms with Crippen LogP contribution in [0, 0.1) is 13.8 Å². The van der Waals surface area contributed by atoms with E-state index in [1.807, 2.05) is 30.3 Å². The Morgan fingerprint density at radius 1 is 1.14 bits per heavy atom. The molecule has 1 amide bonds. The highest BCUT2D eigenvalue weighted by atomic mass is 19.4. The summed E-state index contributed by atoms with van der Waals surface area (Å²) in [6.45, 7) is 3.84. The molecule has 0 radical (unpaired) electrons. The van der Waals surface area contributed by atoms with Crippen LogP contribution in [0.1, 0.15) is 44.0 Å². The van der Waals surface area contributed by atoms with Crippen LogP contribution in [0.5, 0.6) is 5.75 Å². The highest BCUT2D eigenvalue weighted by Crippen LogP contribution is 2.44. The van der Waals surface area contributed by atoms with Gasteiger partial charge in [-0.3, -0.25) is 9.36 Å². The second-order valence-electron chi connectivity index (χ2n) is 8.69. The van der Waals surface area contributed by atoms with Crippen molar-refractivity contribution in [3.8, 4) is 11.4 Å². The molecule has 5 rings (SSSR count). The monoisotopic (exact) mass is 496 g/mol. The van der Waals surface area contributed by atoms with Crippen LogP contribution >= 0.6 is 0 Å². The number of nitrogen functional groups attached to an aromatic ring is 1. The molecule has 0 unspecified atom stereocenters. The number of aryl methyl sites for hydroxylation is 1. The van der Waals surface area contributed by atoms with Gasteiger partial charge in [-0.05, 0) is 31.0 Å². The molecule has 2 aromatic carbocycles. The Balaban J connectivity index is 1.80. The van der Waals surface area contributed by atoms with Crippen LogP contribution in [0.3, 0.4) is 0 Å².